The molecule has 5 heteroatoms. The molecule has 25 heavy (non-hydrogen) atoms. The Morgan fingerprint density at radius 1 is 1.20 bits per heavy atom. The van der Waals surface area contributed by atoms with E-state index in [2.05, 4.69) is 55.1 Å². The minimum Gasteiger partial charge on any atom is -0.478 e. The molecule has 1 aliphatic rings. The zero-order valence-corrected chi connectivity index (χ0v) is 15.5. The van der Waals surface area contributed by atoms with Gasteiger partial charge in [-0.25, -0.2) is 4.79 Å². The van der Waals surface area contributed by atoms with Crippen LogP contribution in [-0.2, 0) is 4.79 Å². The van der Waals surface area contributed by atoms with Crippen molar-refractivity contribution in [1.82, 2.24) is 4.90 Å². The fourth-order valence-corrected chi connectivity index (χ4v) is 3.97. The SMILES string of the molecule is CC(CN1c2ccccc2Sc2cccc(/C=C/C(=O)O)c21)N(C)C. The van der Waals surface area contributed by atoms with Gasteiger partial charge < -0.3 is 14.9 Å². The average molecular weight is 354 g/mol. The van der Waals surface area contributed by atoms with Crippen molar-refractivity contribution in [2.24, 2.45) is 0 Å². The lowest BCUT2D eigenvalue weighted by atomic mass is 10.1. The minimum atomic E-state index is -0.935. The summed E-state index contributed by atoms with van der Waals surface area (Å²) in [4.78, 5) is 17.9. The maximum Gasteiger partial charge on any atom is 0.328 e. The van der Waals surface area contributed by atoms with Crippen molar-refractivity contribution in [3.8, 4) is 0 Å². The number of anilines is 2. The summed E-state index contributed by atoms with van der Waals surface area (Å²) in [5.41, 5.74) is 3.18. The second-order valence-corrected chi connectivity index (χ2v) is 7.44. The van der Waals surface area contributed by atoms with E-state index >= 15 is 0 Å². The Labute approximate surface area is 152 Å². The second kappa shape index (κ2) is 7.33. The lowest BCUT2D eigenvalue weighted by Crippen LogP contribution is -2.37. The van der Waals surface area contributed by atoms with E-state index in [0.717, 1.165) is 22.7 Å². The summed E-state index contributed by atoms with van der Waals surface area (Å²) < 4.78 is 0. The molecule has 2 aromatic rings. The Morgan fingerprint density at radius 3 is 2.64 bits per heavy atom. The molecular formula is C20H22N2O2S. The molecule has 0 radical (unpaired) electrons. The molecule has 0 bridgehead atoms. The molecule has 1 N–H and O–H groups in total. The molecule has 0 fully saturated rings. The summed E-state index contributed by atoms with van der Waals surface area (Å²) >= 11 is 1.73. The van der Waals surface area contributed by atoms with Gasteiger partial charge in [0, 0.05) is 28.5 Å². The van der Waals surface area contributed by atoms with Gasteiger partial charge in [0.15, 0.2) is 0 Å². The highest BCUT2D eigenvalue weighted by atomic mass is 32.2. The molecule has 0 amide bonds. The van der Waals surface area contributed by atoms with Crippen molar-refractivity contribution in [2.45, 2.75) is 22.8 Å². The number of hydrogen-bond acceptors (Lipinski definition) is 4. The molecule has 0 spiro atoms. The van der Waals surface area contributed by atoms with Crippen LogP contribution in [-0.4, -0.2) is 42.7 Å². The van der Waals surface area contributed by atoms with Gasteiger partial charge in [0.1, 0.15) is 0 Å². The third-order valence-electron chi connectivity index (χ3n) is 4.41. The van der Waals surface area contributed by atoms with Crippen molar-refractivity contribution in [2.75, 3.05) is 25.5 Å². The van der Waals surface area contributed by atoms with Gasteiger partial charge in [-0.2, -0.15) is 0 Å². The number of rotatable bonds is 5. The minimum absolute atomic E-state index is 0.348. The Morgan fingerprint density at radius 2 is 1.92 bits per heavy atom. The molecule has 4 nitrogen and oxygen atoms in total. The van der Waals surface area contributed by atoms with Gasteiger partial charge in [0.05, 0.1) is 11.4 Å². The third kappa shape index (κ3) is 3.72. The summed E-state index contributed by atoms with van der Waals surface area (Å²) in [7, 11) is 4.15. The van der Waals surface area contributed by atoms with Crippen molar-refractivity contribution < 1.29 is 9.90 Å². The third-order valence-corrected chi connectivity index (χ3v) is 5.52. The van der Waals surface area contributed by atoms with Crippen molar-refractivity contribution in [3.63, 3.8) is 0 Å². The van der Waals surface area contributed by atoms with Crippen LogP contribution in [0.15, 0.2) is 58.3 Å². The lowest BCUT2D eigenvalue weighted by molar-refractivity contribution is -0.131. The van der Waals surface area contributed by atoms with Crippen LogP contribution in [0.2, 0.25) is 0 Å². The van der Waals surface area contributed by atoms with E-state index < -0.39 is 5.97 Å². The van der Waals surface area contributed by atoms with Crippen LogP contribution in [0.25, 0.3) is 6.08 Å². The zero-order valence-electron chi connectivity index (χ0n) is 14.6. The number of carboxylic acids is 1. The molecule has 0 aromatic heterocycles. The number of benzene rings is 2. The number of nitrogens with zero attached hydrogens (tertiary/aromatic N) is 2. The highest BCUT2D eigenvalue weighted by molar-refractivity contribution is 7.99. The van der Waals surface area contributed by atoms with E-state index in [1.807, 2.05) is 18.2 Å². The second-order valence-electron chi connectivity index (χ2n) is 6.36. The summed E-state index contributed by atoms with van der Waals surface area (Å²) in [6.45, 7) is 3.02. The van der Waals surface area contributed by atoms with E-state index in [1.165, 1.54) is 16.7 Å². The van der Waals surface area contributed by atoms with E-state index in [9.17, 15) is 4.79 Å². The first-order valence-electron chi connectivity index (χ1n) is 8.22. The van der Waals surface area contributed by atoms with Crippen LogP contribution in [0, 0.1) is 0 Å². The van der Waals surface area contributed by atoms with Crippen molar-refractivity contribution in [3.05, 3.63) is 54.1 Å². The van der Waals surface area contributed by atoms with Gasteiger partial charge in [-0.15, -0.1) is 0 Å². The highest BCUT2D eigenvalue weighted by Gasteiger charge is 2.26. The van der Waals surface area contributed by atoms with Crippen LogP contribution in [0.5, 0.6) is 0 Å². The smallest absolute Gasteiger partial charge is 0.328 e. The van der Waals surface area contributed by atoms with Gasteiger partial charge in [0.2, 0.25) is 0 Å². The number of likely N-dealkylation sites (N-methyl/N-ethyl adjacent to an activating group) is 1. The van der Waals surface area contributed by atoms with Crippen molar-refractivity contribution >= 4 is 35.2 Å². The fourth-order valence-electron chi connectivity index (χ4n) is 2.83. The molecule has 0 saturated heterocycles. The first-order chi connectivity index (χ1) is 12.0. The first kappa shape index (κ1) is 17.6. The van der Waals surface area contributed by atoms with Crippen LogP contribution in [0.4, 0.5) is 11.4 Å². The van der Waals surface area contributed by atoms with E-state index in [4.69, 9.17) is 5.11 Å². The first-order valence-corrected chi connectivity index (χ1v) is 9.04. The number of aliphatic carboxylic acids is 1. The lowest BCUT2D eigenvalue weighted by Gasteiger charge is -2.37. The average Bonchev–Trinajstić information content (AvgIpc) is 2.59. The number of carboxylic acid groups (broad SMARTS) is 1. The van der Waals surface area contributed by atoms with Crippen LogP contribution < -0.4 is 4.90 Å². The molecule has 0 saturated carbocycles. The summed E-state index contributed by atoms with van der Waals surface area (Å²) in [6.07, 6.45) is 2.89. The Bertz CT molecular complexity index is 817. The zero-order chi connectivity index (χ0) is 18.0. The number of para-hydroxylation sites is 2. The Balaban J connectivity index is 2.11. The molecule has 0 aliphatic carbocycles. The van der Waals surface area contributed by atoms with Gasteiger partial charge >= 0.3 is 5.97 Å². The number of carbonyl (C=O) groups is 1. The Kier molecular flexibility index (Phi) is 5.16. The maximum atomic E-state index is 11.0. The van der Waals surface area contributed by atoms with E-state index in [0.29, 0.717) is 6.04 Å². The van der Waals surface area contributed by atoms with Gasteiger partial charge in [-0.1, -0.05) is 36.0 Å². The van der Waals surface area contributed by atoms with Gasteiger partial charge in [-0.05, 0) is 50.9 Å². The normalized spacial score (nSPS) is 14.5. The van der Waals surface area contributed by atoms with Gasteiger partial charge in [-0.3, -0.25) is 0 Å². The number of hydrogen-bond donors (Lipinski definition) is 1. The molecule has 130 valence electrons. The Hall–Kier alpha value is -2.24. The molecule has 1 atom stereocenters. The van der Waals surface area contributed by atoms with E-state index in [-0.39, 0.29) is 0 Å². The molecule has 1 heterocycles. The predicted octanol–water partition coefficient (Wildman–Crippen LogP) is 4.34. The fraction of sp³-hybridized carbons (Fsp3) is 0.250. The monoisotopic (exact) mass is 354 g/mol. The maximum absolute atomic E-state index is 11.0. The highest BCUT2D eigenvalue weighted by Crippen LogP contribution is 2.49. The molecular weight excluding hydrogens is 332 g/mol. The summed E-state index contributed by atoms with van der Waals surface area (Å²) in [6, 6.07) is 14.8. The molecule has 1 unspecified atom stereocenters. The van der Waals surface area contributed by atoms with Crippen LogP contribution >= 0.6 is 11.8 Å². The van der Waals surface area contributed by atoms with Crippen LogP contribution in [0.1, 0.15) is 12.5 Å². The summed E-state index contributed by atoms with van der Waals surface area (Å²) in [5.74, 6) is -0.935. The largest absolute Gasteiger partial charge is 0.478 e. The summed E-state index contributed by atoms with van der Waals surface area (Å²) in [5, 5.41) is 9.01. The predicted molar refractivity (Wildman–Crippen MR) is 104 cm³/mol. The number of fused-ring (bicyclic) bond motifs is 2. The van der Waals surface area contributed by atoms with Crippen molar-refractivity contribution in [1.29, 1.82) is 0 Å². The molecule has 2 aromatic carbocycles. The van der Waals surface area contributed by atoms with E-state index in [1.54, 1.807) is 17.8 Å². The molecule has 1 aliphatic heterocycles. The topological polar surface area (TPSA) is 43.8 Å². The standard InChI is InChI=1S/C20H22N2O2S/c1-14(21(2)3)13-22-16-8-4-5-9-17(16)25-18-10-6-7-15(20(18)22)11-12-19(23)24/h4-12,14H,13H2,1-3H3,(H,23,24)/b12-11+. The molecule has 3 rings (SSSR count). The van der Waals surface area contributed by atoms with Crippen LogP contribution in [0.3, 0.4) is 0 Å². The quantitative estimate of drug-likeness (QED) is 0.809. The van der Waals surface area contributed by atoms with Gasteiger partial charge in [0.25, 0.3) is 0 Å².